The Morgan fingerprint density at radius 2 is 2.26 bits per heavy atom. The van der Waals surface area contributed by atoms with Gasteiger partial charge >= 0.3 is 0 Å². The molecule has 2 rings (SSSR count). The van der Waals surface area contributed by atoms with E-state index in [1.54, 1.807) is 16.5 Å². The van der Waals surface area contributed by atoms with E-state index < -0.39 is 0 Å². The SMILES string of the molecule is CCCCN(C)C(=O)c1csc(-c2ccccn2)n1. The number of nitrogens with zero attached hydrogens (tertiary/aromatic N) is 3. The minimum atomic E-state index is -0.0214. The molecular weight excluding hydrogens is 258 g/mol. The lowest BCUT2D eigenvalue weighted by Gasteiger charge is -2.14. The van der Waals surface area contributed by atoms with Gasteiger partial charge in [-0.1, -0.05) is 19.4 Å². The van der Waals surface area contributed by atoms with Gasteiger partial charge in [-0.15, -0.1) is 11.3 Å². The lowest BCUT2D eigenvalue weighted by atomic mass is 10.3. The Bertz CT molecular complexity index is 539. The van der Waals surface area contributed by atoms with Crippen molar-refractivity contribution in [2.45, 2.75) is 19.8 Å². The molecule has 2 aromatic heterocycles. The molecule has 0 aliphatic carbocycles. The van der Waals surface area contributed by atoms with Gasteiger partial charge in [-0.2, -0.15) is 0 Å². The fourth-order valence-electron chi connectivity index (χ4n) is 1.67. The van der Waals surface area contributed by atoms with Crippen molar-refractivity contribution < 1.29 is 4.79 Å². The quantitative estimate of drug-likeness (QED) is 0.842. The smallest absolute Gasteiger partial charge is 0.273 e. The van der Waals surface area contributed by atoms with Gasteiger partial charge in [0.1, 0.15) is 10.7 Å². The Hall–Kier alpha value is -1.75. The van der Waals surface area contributed by atoms with E-state index in [1.165, 1.54) is 11.3 Å². The number of rotatable bonds is 5. The topological polar surface area (TPSA) is 46.1 Å². The number of unbranched alkanes of at least 4 members (excludes halogenated alkanes) is 1. The molecule has 0 saturated heterocycles. The Labute approximate surface area is 117 Å². The highest BCUT2D eigenvalue weighted by atomic mass is 32.1. The molecule has 19 heavy (non-hydrogen) atoms. The molecule has 0 radical (unpaired) electrons. The van der Waals surface area contributed by atoms with E-state index in [0.29, 0.717) is 5.69 Å². The summed E-state index contributed by atoms with van der Waals surface area (Å²) in [5, 5.41) is 2.59. The Balaban J connectivity index is 2.11. The van der Waals surface area contributed by atoms with Crippen LogP contribution >= 0.6 is 11.3 Å². The summed E-state index contributed by atoms with van der Waals surface area (Å²) < 4.78 is 0. The molecule has 2 aromatic rings. The summed E-state index contributed by atoms with van der Waals surface area (Å²) in [4.78, 5) is 22.5. The van der Waals surface area contributed by atoms with Gasteiger partial charge in [0, 0.05) is 25.2 Å². The molecule has 2 heterocycles. The molecule has 0 atom stereocenters. The third kappa shape index (κ3) is 3.38. The van der Waals surface area contributed by atoms with Crippen LogP contribution in [0.1, 0.15) is 30.3 Å². The molecule has 1 amide bonds. The van der Waals surface area contributed by atoms with Crippen LogP contribution in [-0.4, -0.2) is 34.4 Å². The van der Waals surface area contributed by atoms with Gasteiger partial charge in [0.25, 0.3) is 5.91 Å². The summed E-state index contributed by atoms with van der Waals surface area (Å²) in [6.45, 7) is 2.88. The van der Waals surface area contributed by atoms with Crippen molar-refractivity contribution in [1.29, 1.82) is 0 Å². The lowest BCUT2D eigenvalue weighted by Crippen LogP contribution is -2.27. The Morgan fingerprint density at radius 1 is 1.42 bits per heavy atom. The monoisotopic (exact) mass is 275 g/mol. The molecule has 4 nitrogen and oxygen atoms in total. The van der Waals surface area contributed by atoms with Gasteiger partial charge in [0.15, 0.2) is 0 Å². The lowest BCUT2D eigenvalue weighted by molar-refractivity contribution is 0.0788. The predicted octanol–water partition coefficient (Wildman–Crippen LogP) is 3.08. The van der Waals surface area contributed by atoms with Crippen LogP contribution in [0.25, 0.3) is 10.7 Å². The van der Waals surface area contributed by atoms with E-state index in [0.717, 1.165) is 30.1 Å². The molecule has 0 spiro atoms. The summed E-state index contributed by atoms with van der Waals surface area (Å²) >= 11 is 1.45. The maximum absolute atomic E-state index is 12.1. The molecule has 0 aliphatic heterocycles. The van der Waals surface area contributed by atoms with E-state index >= 15 is 0 Å². The first-order valence-electron chi connectivity index (χ1n) is 6.34. The average Bonchev–Trinajstić information content (AvgIpc) is 2.94. The highest BCUT2D eigenvalue weighted by Crippen LogP contribution is 2.21. The first-order chi connectivity index (χ1) is 9.22. The van der Waals surface area contributed by atoms with Gasteiger partial charge in [0.2, 0.25) is 0 Å². The summed E-state index contributed by atoms with van der Waals surface area (Å²) in [5.41, 5.74) is 1.31. The number of carbonyl (C=O) groups is 1. The third-order valence-corrected chi connectivity index (χ3v) is 3.67. The molecule has 0 aliphatic rings. The molecule has 5 heteroatoms. The van der Waals surface area contributed by atoms with Crippen LogP contribution in [0.4, 0.5) is 0 Å². The van der Waals surface area contributed by atoms with Crippen LogP contribution in [0.15, 0.2) is 29.8 Å². The normalized spacial score (nSPS) is 10.4. The molecule has 0 saturated carbocycles. The molecule has 0 N–H and O–H groups in total. The predicted molar refractivity (Wildman–Crippen MR) is 77.2 cm³/mol. The fourth-order valence-corrected chi connectivity index (χ4v) is 2.44. The number of carbonyl (C=O) groups excluding carboxylic acids is 1. The maximum atomic E-state index is 12.1. The van der Waals surface area contributed by atoms with E-state index in [4.69, 9.17) is 0 Å². The van der Waals surface area contributed by atoms with Crippen molar-refractivity contribution in [2.24, 2.45) is 0 Å². The van der Waals surface area contributed by atoms with Gasteiger partial charge in [0.05, 0.1) is 5.69 Å². The van der Waals surface area contributed by atoms with Crippen LogP contribution in [0.2, 0.25) is 0 Å². The van der Waals surface area contributed by atoms with Crippen LogP contribution in [0.5, 0.6) is 0 Å². The van der Waals surface area contributed by atoms with Crippen molar-refractivity contribution in [1.82, 2.24) is 14.9 Å². The van der Waals surface area contributed by atoms with E-state index in [1.807, 2.05) is 25.2 Å². The molecule has 0 aromatic carbocycles. The highest BCUT2D eigenvalue weighted by molar-refractivity contribution is 7.13. The second-order valence-corrected chi connectivity index (χ2v) is 5.19. The third-order valence-electron chi connectivity index (χ3n) is 2.80. The molecule has 0 unspecified atom stereocenters. The zero-order valence-electron chi connectivity index (χ0n) is 11.2. The van der Waals surface area contributed by atoms with Crippen LogP contribution < -0.4 is 0 Å². The summed E-state index contributed by atoms with van der Waals surface area (Å²) in [6, 6.07) is 5.67. The first-order valence-corrected chi connectivity index (χ1v) is 7.22. The molecule has 0 fully saturated rings. The molecular formula is C14H17N3OS. The largest absolute Gasteiger partial charge is 0.340 e. The van der Waals surface area contributed by atoms with Gasteiger partial charge in [-0.3, -0.25) is 9.78 Å². The zero-order valence-corrected chi connectivity index (χ0v) is 12.0. The standard InChI is InChI=1S/C14H17N3OS/c1-3-4-9-17(2)14(18)12-10-19-13(16-12)11-7-5-6-8-15-11/h5-8,10H,3-4,9H2,1-2H3. The maximum Gasteiger partial charge on any atom is 0.273 e. The van der Waals surface area contributed by atoms with Gasteiger partial charge in [-0.25, -0.2) is 4.98 Å². The minimum Gasteiger partial charge on any atom is -0.340 e. The van der Waals surface area contributed by atoms with Crippen molar-refractivity contribution in [2.75, 3.05) is 13.6 Å². The van der Waals surface area contributed by atoms with E-state index in [9.17, 15) is 4.79 Å². The highest BCUT2D eigenvalue weighted by Gasteiger charge is 2.15. The number of thiazole rings is 1. The minimum absolute atomic E-state index is 0.0214. The van der Waals surface area contributed by atoms with Gasteiger partial charge in [-0.05, 0) is 18.6 Å². The van der Waals surface area contributed by atoms with Crippen LogP contribution in [-0.2, 0) is 0 Å². The van der Waals surface area contributed by atoms with Gasteiger partial charge < -0.3 is 4.90 Å². The first kappa shape index (κ1) is 13.7. The average molecular weight is 275 g/mol. The zero-order chi connectivity index (χ0) is 13.7. The summed E-state index contributed by atoms with van der Waals surface area (Å²) in [7, 11) is 1.82. The molecule has 0 bridgehead atoms. The van der Waals surface area contributed by atoms with Crippen molar-refractivity contribution in [3.8, 4) is 10.7 Å². The second-order valence-electron chi connectivity index (χ2n) is 4.33. The van der Waals surface area contributed by atoms with E-state index in [2.05, 4.69) is 16.9 Å². The summed E-state index contributed by atoms with van der Waals surface area (Å²) in [6.07, 6.45) is 3.82. The van der Waals surface area contributed by atoms with Crippen molar-refractivity contribution in [3.05, 3.63) is 35.5 Å². The Morgan fingerprint density at radius 3 is 2.95 bits per heavy atom. The van der Waals surface area contributed by atoms with Crippen LogP contribution in [0.3, 0.4) is 0 Å². The fraction of sp³-hybridized carbons (Fsp3) is 0.357. The number of aromatic nitrogens is 2. The van der Waals surface area contributed by atoms with Crippen molar-refractivity contribution in [3.63, 3.8) is 0 Å². The van der Waals surface area contributed by atoms with E-state index in [-0.39, 0.29) is 5.91 Å². The number of hydrogen-bond donors (Lipinski definition) is 0. The number of pyridine rings is 1. The Kier molecular flexibility index (Phi) is 4.63. The molecule has 100 valence electrons. The second kappa shape index (κ2) is 6.43. The number of amides is 1. The van der Waals surface area contributed by atoms with Crippen molar-refractivity contribution >= 4 is 17.2 Å². The number of hydrogen-bond acceptors (Lipinski definition) is 4. The summed E-state index contributed by atoms with van der Waals surface area (Å²) in [5.74, 6) is -0.0214. The van der Waals surface area contributed by atoms with Crippen LogP contribution in [0, 0.1) is 0 Å².